The Morgan fingerprint density at radius 2 is 2.08 bits per heavy atom. The molecular weight excluding hydrogens is 311 g/mol. The molecule has 1 aromatic heterocycles. The van der Waals surface area contributed by atoms with E-state index < -0.39 is 11.7 Å². The van der Waals surface area contributed by atoms with Crippen LogP contribution in [0.2, 0.25) is 0 Å². The standard InChI is InChI=1S/C17H19FN4O2/c1-21-4-6-22(7-5-21)16-9-13(17(19)23)15(10-14(16)18)20-11-12-3-2-8-24-12/h2-3,8-11H,4-7H2,1H3,(H2,19,23). The van der Waals surface area contributed by atoms with Crippen molar-refractivity contribution in [3.05, 3.63) is 47.7 Å². The number of halogens is 1. The molecule has 0 unspecified atom stereocenters. The second-order valence-corrected chi connectivity index (χ2v) is 5.75. The predicted octanol–water partition coefficient (Wildman–Crippen LogP) is 2.02. The molecule has 126 valence electrons. The van der Waals surface area contributed by atoms with Crippen LogP contribution in [0, 0.1) is 5.82 Å². The number of aliphatic imine (C=N–C) groups is 1. The highest BCUT2D eigenvalue weighted by atomic mass is 19.1. The summed E-state index contributed by atoms with van der Waals surface area (Å²) in [6, 6.07) is 6.15. The van der Waals surface area contributed by atoms with E-state index in [1.54, 1.807) is 12.1 Å². The van der Waals surface area contributed by atoms with Crippen molar-refractivity contribution in [2.24, 2.45) is 10.7 Å². The number of rotatable bonds is 4. The van der Waals surface area contributed by atoms with Crippen LogP contribution in [0.25, 0.3) is 0 Å². The van der Waals surface area contributed by atoms with Crippen LogP contribution in [-0.2, 0) is 0 Å². The third-order valence-corrected chi connectivity index (χ3v) is 4.05. The Balaban J connectivity index is 1.93. The van der Waals surface area contributed by atoms with Crippen LogP contribution in [0.3, 0.4) is 0 Å². The maximum atomic E-state index is 14.5. The average Bonchev–Trinajstić information content (AvgIpc) is 3.07. The minimum absolute atomic E-state index is 0.188. The summed E-state index contributed by atoms with van der Waals surface area (Å²) in [7, 11) is 2.02. The molecule has 24 heavy (non-hydrogen) atoms. The molecule has 1 aromatic carbocycles. The quantitative estimate of drug-likeness (QED) is 0.870. The summed E-state index contributed by atoms with van der Waals surface area (Å²) in [5, 5.41) is 0. The predicted molar refractivity (Wildman–Crippen MR) is 90.6 cm³/mol. The largest absolute Gasteiger partial charge is 0.463 e. The van der Waals surface area contributed by atoms with Crippen molar-refractivity contribution in [1.82, 2.24) is 4.90 Å². The van der Waals surface area contributed by atoms with Crippen LogP contribution < -0.4 is 10.6 Å². The van der Waals surface area contributed by atoms with E-state index in [1.807, 2.05) is 11.9 Å². The van der Waals surface area contributed by atoms with Gasteiger partial charge in [-0.25, -0.2) is 4.39 Å². The summed E-state index contributed by atoms with van der Waals surface area (Å²) >= 11 is 0. The highest BCUT2D eigenvalue weighted by Gasteiger charge is 2.20. The van der Waals surface area contributed by atoms with E-state index in [-0.39, 0.29) is 11.3 Å². The minimum Gasteiger partial charge on any atom is -0.463 e. The van der Waals surface area contributed by atoms with Crippen LogP contribution in [0.5, 0.6) is 0 Å². The van der Waals surface area contributed by atoms with Gasteiger partial charge in [-0.05, 0) is 25.2 Å². The molecule has 2 aromatic rings. The topological polar surface area (TPSA) is 75.1 Å². The lowest BCUT2D eigenvalue weighted by Crippen LogP contribution is -2.44. The Kier molecular flexibility index (Phi) is 4.61. The summed E-state index contributed by atoms with van der Waals surface area (Å²) in [4.78, 5) is 20.0. The first-order valence-electron chi connectivity index (χ1n) is 7.69. The zero-order chi connectivity index (χ0) is 17.1. The molecule has 0 aliphatic carbocycles. The molecule has 1 aliphatic rings. The normalized spacial score (nSPS) is 16.0. The van der Waals surface area contributed by atoms with Crippen LogP contribution in [0.15, 0.2) is 39.9 Å². The fourth-order valence-corrected chi connectivity index (χ4v) is 2.64. The monoisotopic (exact) mass is 330 g/mol. The van der Waals surface area contributed by atoms with E-state index in [4.69, 9.17) is 10.2 Å². The van der Waals surface area contributed by atoms with Gasteiger partial charge in [0.25, 0.3) is 5.91 Å². The van der Waals surface area contributed by atoms with Crippen LogP contribution in [-0.4, -0.2) is 50.2 Å². The third-order valence-electron chi connectivity index (χ3n) is 4.05. The first kappa shape index (κ1) is 16.2. The molecule has 0 spiro atoms. The van der Waals surface area contributed by atoms with Crippen molar-refractivity contribution in [2.45, 2.75) is 0 Å². The Labute approximate surface area is 139 Å². The van der Waals surface area contributed by atoms with Crippen LogP contribution >= 0.6 is 0 Å². The second kappa shape index (κ2) is 6.84. The number of anilines is 1. The van der Waals surface area contributed by atoms with E-state index in [1.165, 1.54) is 24.6 Å². The number of primary amides is 1. The molecule has 0 saturated carbocycles. The molecule has 7 heteroatoms. The Hall–Kier alpha value is -2.67. The van der Waals surface area contributed by atoms with Gasteiger partial charge >= 0.3 is 0 Å². The molecule has 1 saturated heterocycles. The number of amides is 1. The Bertz CT molecular complexity index is 750. The first-order chi connectivity index (χ1) is 11.5. The van der Waals surface area contributed by atoms with Gasteiger partial charge in [0.2, 0.25) is 0 Å². The third kappa shape index (κ3) is 3.46. The van der Waals surface area contributed by atoms with E-state index in [0.29, 0.717) is 24.5 Å². The smallest absolute Gasteiger partial charge is 0.250 e. The van der Waals surface area contributed by atoms with Gasteiger partial charge in [-0.15, -0.1) is 0 Å². The van der Waals surface area contributed by atoms with Crippen molar-refractivity contribution in [3.8, 4) is 0 Å². The number of furan rings is 1. The van der Waals surface area contributed by atoms with Gasteiger partial charge in [0.1, 0.15) is 11.6 Å². The summed E-state index contributed by atoms with van der Waals surface area (Å²) in [5.74, 6) is -0.554. The first-order valence-corrected chi connectivity index (χ1v) is 7.69. The number of hydrogen-bond acceptors (Lipinski definition) is 5. The second-order valence-electron chi connectivity index (χ2n) is 5.75. The molecule has 3 rings (SSSR count). The lowest BCUT2D eigenvalue weighted by molar-refractivity contribution is 0.100. The summed E-state index contributed by atoms with van der Waals surface area (Å²) in [6.45, 7) is 3.06. The van der Waals surface area contributed by atoms with Crippen molar-refractivity contribution in [1.29, 1.82) is 0 Å². The van der Waals surface area contributed by atoms with Gasteiger partial charge in [0, 0.05) is 32.2 Å². The van der Waals surface area contributed by atoms with E-state index in [2.05, 4.69) is 9.89 Å². The van der Waals surface area contributed by atoms with Gasteiger partial charge in [-0.2, -0.15) is 0 Å². The van der Waals surface area contributed by atoms with Gasteiger partial charge in [-0.3, -0.25) is 9.79 Å². The number of piperazine rings is 1. The molecule has 0 atom stereocenters. The van der Waals surface area contributed by atoms with E-state index in [0.717, 1.165) is 13.1 Å². The number of carbonyl (C=O) groups excluding carboxylic acids is 1. The summed E-state index contributed by atoms with van der Waals surface area (Å²) < 4.78 is 19.7. The van der Waals surface area contributed by atoms with Crippen LogP contribution in [0.1, 0.15) is 16.1 Å². The maximum absolute atomic E-state index is 14.5. The lowest BCUT2D eigenvalue weighted by atomic mass is 10.1. The Morgan fingerprint density at radius 1 is 1.33 bits per heavy atom. The Morgan fingerprint density at radius 3 is 2.71 bits per heavy atom. The van der Waals surface area contributed by atoms with Gasteiger partial charge in [0.15, 0.2) is 0 Å². The van der Waals surface area contributed by atoms with Crippen molar-refractivity contribution in [2.75, 3.05) is 38.1 Å². The van der Waals surface area contributed by atoms with Crippen molar-refractivity contribution < 1.29 is 13.6 Å². The van der Waals surface area contributed by atoms with Crippen molar-refractivity contribution >= 4 is 23.5 Å². The number of likely N-dealkylation sites (N-methyl/N-ethyl adjacent to an activating group) is 1. The lowest BCUT2D eigenvalue weighted by Gasteiger charge is -2.34. The maximum Gasteiger partial charge on any atom is 0.250 e. The zero-order valence-electron chi connectivity index (χ0n) is 13.4. The molecule has 1 amide bonds. The fourth-order valence-electron chi connectivity index (χ4n) is 2.64. The number of carbonyl (C=O) groups is 1. The van der Waals surface area contributed by atoms with Gasteiger partial charge in [-0.1, -0.05) is 0 Å². The van der Waals surface area contributed by atoms with Crippen LogP contribution in [0.4, 0.5) is 15.8 Å². The van der Waals surface area contributed by atoms with Gasteiger partial charge < -0.3 is 20.0 Å². The molecule has 1 fully saturated rings. The van der Waals surface area contributed by atoms with Gasteiger partial charge in [0.05, 0.1) is 29.4 Å². The summed E-state index contributed by atoms with van der Waals surface area (Å²) in [6.07, 6.45) is 2.93. The van der Waals surface area contributed by atoms with Crippen molar-refractivity contribution in [3.63, 3.8) is 0 Å². The highest BCUT2D eigenvalue weighted by molar-refractivity contribution is 6.00. The highest BCUT2D eigenvalue weighted by Crippen LogP contribution is 2.29. The van der Waals surface area contributed by atoms with E-state index >= 15 is 0 Å². The molecular formula is C17H19FN4O2. The number of hydrogen-bond donors (Lipinski definition) is 1. The average molecular weight is 330 g/mol. The van der Waals surface area contributed by atoms with E-state index in [9.17, 15) is 9.18 Å². The summed E-state index contributed by atoms with van der Waals surface area (Å²) in [5.41, 5.74) is 6.21. The molecule has 0 radical (unpaired) electrons. The number of nitrogens with two attached hydrogens (primary N) is 1. The number of nitrogens with zero attached hydrogens (tertiary/aromatic N) is 3. The molecule has 1 aliphatic heterocycles. The minimum atomic E-state index is -0.642. The molecule has 2 N–H and O–H groups in total. The molecule has 2 heterocycles. The fraction of sp³-hybridized carbons (Fsp3) is 0.294. The number of benzene rings is 1. The molecule has 6 nitrogen and oxygen atoms in total. The SMILES string of the molecule is CN1CCN(c2cc(C(N)=O)c(N=Cc3ccco3)cc2F)CC1. The molecule has 0 bridgehead atoms. The zero-order valence-corrected chi connectivity index (χ0v) is 13.4.